The molecule has 3 rings (SSSR count). The first-order valence-electron chi connectivity index (χ1n) is 8.80. The zero-order valence-electron chi connectivity index (χ0n) is 14.6. The van der Waals surface area contributed by atoms with E-state index in [0.717, 1.165) is 30.6 Å². The molecule has 0 spiro atoms. The highest BCUT2D eigenvalue weighted by Crippen LogP contribution is 2.32. The molecular formula is C19H29ClN2O2. The highest BCUT2D eigenvalue weighted by molar-refractivity contribution is 5.85. The SMILES string of the molecule is COc1ccc(C)cc1CCNC(=O)CC1CC2CCC(C1)N2.Cl. The molecule has 2 fully saturated rings. The maximum atomic E-state index is 12.2. The standard InChI is InChI=1S/C19H28N2O2.ClH/c1-13-3-6-18(23-2)15(9-13)7-8-20-19(22)12-14-10-16-4-5-17(11-14)21-16;/h3,6,9,14,16-17,21H,4-5,7-8,10-12H2,1-2H3,(H,20,22);1H. The Morgan fingerprint density at radius 3 is 2.67 bits per heavy atom. The number of amides is 1. The van der Waals surface area contributed by atoms with Crippen LogP contribution in [0.5, 0.6) is 5.75 Å². The summed E-state index contributed by atoms with van der Waals surface area (Å²) >= 11 is 0. The topological polar surface area (TPSA) is 50.4 Å². The normalized spacial score (nSPS) is 25.0. The van der Waals surface area contributed by atoms with Crippen molar-refractivity contribution >= 4 is 18.3 Å². The van der Waals surface area contributed by atoms with Crippen molar-refractivity contribution in [3.63, 3.8) is 0 Å². The largest absolute Gasteiger partial charge is 0.496 e. The summed E-state index contributed by atoms with van der Waals surface area (Å²) in [6.45, 7) is 2.75. The molecular weight excluding hydrogens is 324 g/mol. The van der Waals surface area contributed by atoms with Crippen molar-refractivity contribution in [2.75, 3.05) is 13.7 Å². The van der Waals surface area contributed by atoms with Gasteiger partial charge in [0.15, 0.2) is 0 Å². The highest BCUT2D eigenvalue weighted by Gasteiger charge is 2.34. The molecule has 0 aliphatic carbocycles. The Bertz CT molecular complexity index is 552. The fraction of sp³-hybridized carbons (Fsp3) is 0.632. The molecule has 0 saturated carbocycles. The van der Waals surface area contributed by atoms with Gasteiger partial charge in [-0.05, 0) is 56.6 Å². The summed E-state index contributed by atoms with van der Waals surface area (Å²) in [5, 5.41) is 6.71. The monoisotopic (exact) mass is 352 g/mol. The second-order valence-corrected chi connectivity index (χ2v) is 7.09. The van der Waals surface area contributed by atoms with Gasteiger partial charge >= 0.3 is 0 Å². The van der Waals surface area contributed by atoms with E-state index in [1.54, 1.807) is 7.11 Å². The van der Waals surface area contributed by atoms with Gasteiger partial charge < -0.3 is 15.4 Å². The van der Waals surface area contributed by atoms with Gasteiger partial charge in [0.1, 0.15) is 5.75 Å². The Hall–Kier alpha value is -1.26. The zero-order chi connectivity index (χ0) is 16.2. The molecule has 2 aliphatic rings. The lowest BCUT2D eigenvalue weighted by Crippen LogP contribution is -2.39. The number of ether oxygens (including phenoxy) is 1. The Balaban J connectivity index is 0.00000208. The Morgan fingerprint density at radius 1 is 1.29 bits per heavy atom. The second kappa shape index (κ2) is 8.72. The van der Waals surface area contributed by atoms with E-state index in [4.69, 9.17) is 4.74 Å². The molecule has 2 atom stereocenters. The van der Waals surface area contributed by atoms with Crippen LogP contribution in [0.2, 0.25) is 0 Å². The van der Waals surface area contributed by atoms with Gasteiger partial charge in [-0.15, -0.1) is 12.4 Å². The number of halogens is 1. The Morgan fingerprint density at radius 2 is 2.00 bits per heavy atom. The van der Waals surface area contributed by atoms with Gasteiger partial charge in [0, 0.05) is 25.0 Å². The Kier molecular flexibility index (Phi) is 6.93. The molecule has 2 unspecified atom stereocenters. The third-order valence-electron chi connectivity index (χ3n) is 5.20. The molecule has 0 radical (unpaired) electrons. The molecule has 2 aliphatic heterocycles. The minimum atomic E-state index is 0. The predicted octanol–water partition coefficient (Wildman–Crippen LogP) is 3.00. The molecule has 4 nitrogen and oxygen atoms in total. The van der Waals surface area contributed by atoms with E-state index >= 15 is 0 Å². The number of aryl methyl sites for hydroxylation is 1. The summed E-state index contributed by atoms with van der Waals surface area (Å²) in [6, 6.07) is 7.49. The van der Waals surface area contributed by atoms with Crippen molar-refractivity contribution in [3.05, 3.63) is 29.3 Å². The first-order chi connectivity index (χ1) is 11.1. The van der Waals surface area contributed by atoms with Gasteiger partial charge in [0.2, 0.25) is 5.91 Å². The van der Waals surface area contributed by atoms with Crippen molar-refractivity contribution in [1.82, 2.24) is 10.6 Å². The number of hydrogen-bond acceptors (Lipinski definition) is 3. The lowest BCUT2D eigenvalue weighted by atomic mass is 9.89. The van der Waals surface area contributed by atoms with E-state index in [-0.39, 0.29) is 18.3 Å². The van der Waals surface area contributed by atoms with E-state index in [2.05, 4.69) is 23.6 Å². The minimum absolute atomic E-state index is 0. The van der Waals surface area contributed by atoms with E-state index in [1.807, 2.05) is 12.1 Å². The van der Waals surface area contributed by atoms with Gasteiger partial charge in [0.05, 0.1) is 7.11 Å². The van der Waals surface area contributed by atoms with Crippen LogP contribution in [0.3, 0.4) is 0 Å². The molecule has 1 aromatic rings. The van der Waals surface area contributed by atoms with E-state index < -0.39 is 0 Å². The van der Waals surface area contributed by atoms with E-state index in [9.17, 15) is 4.79 Å². The smallest absolute Gasteiger partial charge is 0.220 e. The quantitative estimate of drug-likeness (QED) is 0.827. The molecule has 1 aromatic carbocycles. The summed E-state index contributed by atoms with van der Waals surface area (Å²) in [4.78, 5) is 12.2. The zero-order valence-corrected chi connectivity index (χ0v) is 15.5. The van der Waals surface area contributed by atoms with Crippen LogP contribution in [0.25, 0.3) is 0 Å². The maximum Gasteiger partial charge on any atom is 0.220 e. The van der Waals surface area contributed by atoms with Gasteiger partial charge in [0.25, 0.3) is 0 Å². The van der Waals surface area contributed by atoms with Crippen LogP contribution in [0.1, 0.15) is 43.2 Å². The van der Waals surface area contributed by atoms with Gasteiger partial charge in [-0.3, -0.25) is 4.79 Å². The number of piperidine rings is 1. The number of carbonyl (C=O) groups is 1. The summed E-state index contributed by atoms with van der Waals surface area (Å²) in [5.41, 5.74) is 2.38. The lowest BCUT2D eigenvalue weighted by molar-refractivity contribution is -0.122. The molecule has 2 heterocycles. The fourth-order valence-corrected chi connectivity index (χ4v) is 4.12. The van der Waals surface area contributed by atoms with Gasteiger partial charge in [-0.2, -0.15) is 0 Å². The van der Waals surface area contributed by atoms with Gasteiger partial charge in [-0.25, -0.2) is 0 Å². The molecule has 0 aromatic heterocycles. The van der Waals surface area contributed by atoms with Crippen LogP contribution >= 0.6 is 12.4 Å². The number of rotatable bonds is 6. The number of fused-ring (bicyclic) bond motifs is 2. The minimum Gasteiger partial charge on any atom is -0.496 e. The number of carbonyl (C=O) groups excluding carboxylic acids is 1. The predicted molar refractivity (Wildman–Crippen MR) is 99.0 cm³/mol. The molecule has 134 valence electrons. The number of hydrogen-bond donors (Lipinski definition) is 2. The van der Waals surface area contributed by atoms with Gasteiger partial charge in [-0.1, -0.05) is 17.7 Å². The van der Waals surface area contributed by atoms with Crippen molar-refractivity contribution in [3.8, 4) is 5.75 Å². The highest BCUT2D eigenvalue weighted by atomic mass is 35.5. The van der Waals surface area contributed by atoms with Crippen LogP contribution in [-0.4, -0.2) is 31.6 Å². The van der Waals surface area contributed by atoms with Crippen molar-refractivity contribution in [2.45, 2.75) is 57.5 Å². The number of methoxy groups -OCH3 is 1. The average Bonchev–Trinajstić information content (AvgIpc) is 2.86. The molecule has 5 heteroatoms. The van der Waals surface area contributed by atoms with E-state index in [1.165, 1.54) is 18.4 Å². The maximum absolute atomic E-state index is 12.2. The molecule has 2 bridgehead atoms. The second-order valence-electron chi connectivity index (χ2n) is 7.09. The van der Waals surface area contributed by atoms with Crippen molar-refractivity contribution < 1.29 is 9.53 Å². The molecule has 2 saturated heterocycles. The number of benzene rings is 1. The summed E-state index contributed by atoms with van der Waals surface area (Å²) in [6.07, 6.45) is 6.39. The van der Waals surface area contributed by atoms with Crippen LogP contribution in [-0.2, 0) is 11.2 Å². The van der Waals surface area contributed by atoms with Crippen LogP contribution in [0.4, 0.5) is 0 Å². The van der Waals surface area contributed by atoms with Crippen molar-refractivity contribution in [2.24, 2.45) is 5.92 Å². The fourth-order valence-electron chi connectivity index (χ4n) is 4.12. The first-order valence-corrected chi connectivity index (χ1v) is 8.80. The summed E-state index contributed by atoms with van der Waals surface area (Å²) in [7, 11) is 1.69. The summed E-state index contributed by atoms with van der Waals surface area (Å²) in [5.74, 6) is 1.66. The van der Waals surface area contributed by atoms with Crippen LogP contribution in [0, 0.1) is 12.8 Å². The van der Waals surface area contributed by atoms with Crippen LogP contribution in [0.15, 0.2) is 18.2 Å². The van der Waals surface area contributed by atoms with E-state index in [0.29, 0.717) is 31.0 Å². The number of nitrogens with one attached hydrogen (secondary N) is 2. The lowest BCUT2D eigenvalue weighted by Gasteiger charge is -2.28. The third-order valence-corrected chi connectivity index (χ3v) is 5.20. The summed E-state index contributed by atoms with van der Waals surface area (Å²) < 4.78 is 5.39. The molecule has 1 amide bonds. The molecule has 24 heavy (non-hydrogen) atoms. The molecule has 2 N–H and O–H groups in total. The van der Waals surface area contributed by atoms with Crippen LogP contribution < -0.4 is 15.4 Å². The first kappa shape index (κ1) is 19.1. The third kappa shape index (κ3) is 4.87. The average molecular weight is 353 g/mol. The van der Waals surface area contributed by atoms with Crippen molar-refractivity contribution in [1.29, 1.82) is 0 Å². The Labute approximate surface area is 151 Å².